The number of esters is 1. The normalized spacial score (nSPS) is 10.4. The molecule has 2 aromatic carbocycles. The first-order valence-electron chi connectivity index (χ1n) is 8.55. The van der Waals surface area contributed by atoms with E-state index >= 15 is 0 Å². The summed E-state index contributed by atoms with van der Waals surface area (Å²) in [7, 11) is 1.33. The number of methoxy groups -OCH3 is 1. The first kappa shape index (κ1) is 20.0. The van der Waals surface area contributed by atoms with Gasteiger partial charge in [0.2, 0.25) is 0 Å². The van der Waals surface area contributed by atoms with Gasteiger partial charge in [0.05, 0.1) is 18.4 Å². The summed E-state index contributed by atoms with van der Waals surface area (Å²) in [5, 5.41) is 6.60. The zero-order valence-corrected chi connectivity index (χ0v) is 17.0. The van der Waals surface area contributed by atoms with E-state index in [0.29, 0.717) is 17.0 Å². The van der Waals surface area contributed by atoms with E-state index < -0.39 is 11.8 Å². The van der Waals surface area contributed by atoms with E-state index in [4.69, 9.17) is 17.0 Å². The van der Waals surface area contributed by atoms with Crippen LogP contribution in [0.15, 0.2) is 54.6 Å². The highest BCUT2D eigenvalue weighted by Crippen LogP contribution is 2.31. The van der Waals surface area contributed by atoms with Crippen molar-refractivity contribution in [2.24, 2.45) is 0 Å². The number of ether oxygens (including phenoxy) is 1. The Morgan fingerprint density at radius 1 is 1.14 bits per heavy atom. The Hall–Kier alpha value is -2.77. The Labute approximate surface area is 172 Å². The molecule has 28 heavy (non-hydrogen) atoms. The lowest BCUT2D eigenvalue weighted by Crippen LogP contribution is -2.20. The number of hydrogen-bond donors (Lipinski definition) is 2. The van der Waals surface area contributed by atoms with Gasteiger partial charge in [-0.15, -0.1) is 11.3 Å². The summed E-state index contributed by atoms with van der Waals surface area (Å²) in [6.45, 7) is 1.87. The summed E-state index contributed by atoms with van der Waals surface area (Å²) >= 11 is 6.72. The van der Waals surface area contributed by atoms with Gasteiger partial charge in [0.25, 0.3) is 0 Å². The molecule has 0 saturated heterocycles. The molecular formula is C21H19FN2O2S2. The molecule has 0 spiro atoms. The van der Waals surface area contributed by atoms with Crippen LogP contribution in [0.3, 0.4) is 0 Å². The van der Waals surface area contributed by atoms with Crippen LogP contribution >= 0.6 is 23.6 Å². The Bertz CT molecular complexity index is 1000. The van der Waals surface area contributed by atoms with Crippen molar-refractivity contribution >= 4 is 45.3 Å². The third-order valence-electron chi connectivity index (χ3n) is 4.01. The maximum absolute atomic E-state index is 14.0. The topological polar surface area (TPSA) is 50.4 Å². The molecule has 7 heteroatoms. The number of anilines is 2. The molecule has 1 aromatic heterocycles. The van der Waals surface area contributed by atoms with Crippen molar-refractivity contribution in [3.63, 3.8) is 0 Å². The van der Waals surface area contributed by atoms with E-state index in [0.717, 1.165) is 16.0 Å². The Morgan fingerprint density at radius 2 is 1.89 bits per heavy atom. The zero-order valence-electron chi connectivity index (χ0n) is 15.4. The highest BCUT2D eigenvalue weighted by atomic mass is 32.1. The molecule has 0 amide bonds. The third-order valence-corrected chi connectivity index (χ3v) is 5.26. The number of hydrogen-bond acceptors (Lipinski definition) is 4. The third kappa shape index (κ3) is 4.94. The quantitative estimate of drug-likeness (QED) is 0.433. The summed E-state index contributed by atoms with van der Waals surface area (Å²) in [5.74, 6) is -0.860. The average molecular weight is 415 g/mol. The minimum absolute atomic E-state index is 0.197. The molecule has 4 nitrogen and oxygen atoms in total. The van der Waals surface area contributed by atoms with Crippen LogP contribution in [0.1, 0.15) is 26.4 Å². The summed E-state index contributed by atoms with van der Waals surface area (Å²) in [4.78, 5) is 13.1. The number of thiocarbonyl (C=S) groups is 1. The number of benzene rings is 2. The van der Waals surface area contributed by atoms with Gasteiger partial charge in [-0.3, -0.25) is 0 Å². The predicted molar refractivity (Wildman–Crippen MR) is 116 cm³/mol. The van der Waals surface area contributed by atoms with Crippen LogP contribution < -0.4 is 10.6 Å². The fourth-order valence-electron chi connectivity index (χ4n) is 2.67. The molecule has 1 heterocycles. The van der Waals surface area contributed by atoms with Gasteiger partial charge >= 0.3 is 5.97 Å². The smallest absolute Gasteiger partial charge is 0.340 e. The number of carbonyl (C=O) groups excluding carboxylic acids is 1. The van der Waals surface area contributed by atoms with E-state index in [9.17, 15) is 9.18 Å². The molecule has 3 aromatic rings. The number of thiophene rings is 1. The largest absolute Gasteiger partial charge is 0.465 e. The number of carbonyl (C=O) groups is 1. The van der Waals surface area contributed by atoms with Crippen LogP contribution in [0.4, 0.5) is 15.1 Å². The van der Waals surface area contributed by atoms with Crippen molar-refractivity contribution in [3.8, 4) is 0 Å². The van der Waals surface area contributed by atoms with Crippen LogP contribution in [-0.4, -0.2) is 18.2 Å². The number of nitrogens with one attached hydrogen (secondary N) is 2. The first-order chi connectivity index (χ1) is 13.5. The monoisotopic (exact) mass is 414 g/mol. The van der Waals surface area contributed by atoms with Crippen LogP contribution in [0.25, 0.3) is 0 Å². The Balaban J connectivity index is 1.80. The van der Waals surface area contributed by atoms with E-state index in [1.54, 1.807) is 18.2 Å². The summed E-state index contributed by atoms with van der Waals surface area (Å²) in [5.41, 5.74) is 2.71. The van der Waals surface area contributed by atoms with Crippen molar-refractivity contribution in [1.82, 2.24) is 0 Å². The second-order valence-electron chi connectivity index (χ2n) is 6.17. The summed E-state index contributed by atoms with van der Waals surface area (Å²) in [6, 6.07) is 16.5. The number of rotatable bonds is 5. The van der Waals surface area contributed by atoms with Crippen LogP contribution in [0.2, 0.25) is 0 Å². The Kier molecular flexibility index (Phi) is 6.38. The van der Waals surface area contributed by atoms with Gasteiger partial charge in [-0.2, -0.15) is 0 Å². The maximum atomic E-state index is 14.0. The molecular weight excluding hydrogens is 395 g/mol. The Morgan fingerprint density at radius 3 is 2.61 bits per heavy atom. The molecule has 0 fully saturated rings. The average Bonchev–Trinajstić information content (AvgIpc) is 3.06. The second kappa shape index (κ2) is 8.95. The first-order valence-corrected chi connectivity index (χ1v) is 9.78. The van der Waals surface area contributed by atoms with Crippen molar-refractivity contribution in [3.05, 3.63) is 82.0 Å². The van der Waals surface area contributed by atoms with Gasteiger partial charge in [-0.05, 0) is 48.5 Å². The lowest BCUT2D eigenvalue weighted by molar-refractivity contribution is 0.0602. The minimum atomic E-state index is -0.456. The highest BCUT2D eigenvalue weighted by molar-refractivity contribution is 7.80. The molecule has 144 valence electrons. The van der Waals surface area contributed by atoms with Gasteiger partial charge in [-0.1, -0.05) is 36.4 Å². The standard InChI is InChI=1S/C21H19FN2O2S2/c1-13-8-9-17(22)18(10-13)23-21(27)24-19-16(20(25)26-2)12-15(28-19)11-14-6-4-3-5-7-14/h3-10,12H,11H2,1-2H3,(H2,23,24,27). The molecule has 0 bridgehead atoms. The van der Waals surface area contributed by atoms with Gasteiger partial charge < -0.3 is 15.4 Å². The van der Waals surface area contributed by atoms with Gasteiger partial charge in [0, 0.05) is 11.3 Å². The van der Waals surface area contributed by atoms with Crippen molar-refractivity contribution in [2.45, 2.75) is 13.3 Å². The molecule has 3 rings (SSSR count). The van der Waals surface area contributed by atoms with E-state index in [-0.39, 0.29) is 10.8 Å². The van der Waals surface area contributed by atoms with E-state index in [1.165, 1.54) is 24.5 Å². The van der Waals surface area contributed by atoms with Gasteiger partial charge in [0.15, 0.2) is 5.11 Å². The van der Waals surface area contributed by atoms with Crippen molar-refractivity contribution < 1.29 is 13.9 Å². The zero-order chi connectivity index (χ0) is 20.1. The van der Waals surface area contributed by atoms with Crippen molar-refractivity contribution in [1.29, 1.82) is 0 Å². The molecule has 2 N–H and O–H groups in total. The molecule has 0 aliphatic rings. The van der Waals surface area contributed by atoms with E-state index in [1.807, 2.05) is 37.3 Å². The maximum Gasteiger partial charge on any atom is 0.340 e. The minimum Gasteiger partial charge on any atom is -0.465 e. The molecule has 0 atom stereocenters. The van der Waals surface area contributed by atoms with Crippen LogP contribution in [0, 0.1) is 12.7 Å². The number of aryl methyl sites for hydroxylation is 1. The predicted octanol–water partition coefficient (Wildman–Crippen LogP) is 5.38. The van der Waals surface area contributed by atoms with E-state index in [2.05, 4.69) is 10.6 Å². The number of halogens is 1. The second-order valence-corrected chi connectivity index (χ2v) is 7.72. The fraction of sp³-hybridized carbons (Fsp3) is 0.143. The lowest BCUT2D eigenvalue weighted by Gasteiger charge is -2.11. The lowest BCUT2D eigenvalue weighted by atomic mass is 10.1. The SMILES string of the molecule is COC(=O)c1cc(Cc2ccccc2)sc1NC(=S)Nc1cc(C)ccc1F. The molecule has 0 radical (unpaired) electrons. The van der Waals surface area contributed by atoms with Crippen LogP contribution in [0.5, 0.6) is 0 Å². The van der Waals surface area contributed by atoms with Gasteiger partial charge in [-0.25, -0.2) is 9.18 Å². The van der Waals surface area contributed by atoms with Crippen LogP contribution in [-0.2, 0) is 11.2 Å². The fourth-order valence-corrected chi connectivity index (χ4v) is 4.03. The van der Waals surface area contributed by atoms with Gasteiger partial charge in [0.1, 0.15) is 10.8 Å². The summed E-state index contributed by atoms with van der Waals surface area (Å²) < 4.78 is 18.8. The highest BCUT2D eigenvalue weighted by Gasteiger charge is 2.18. The molecule has 0 unspecified atom stereocenters. The molecule has 0 aliphatic carbocycles. The molecule has 0 saturated carbocycles. The summed E-state index contributed by atoms with van der Waals surface area (Å²) in [6.07, 6.45) is 0.684. The van der Waals surface area contributed by atoms with Crippen molar-refractivity contribution in [2.75, 3.05) is 17.7 Å². The molecule has 0 aliphatic heterocycles.